The summed E-state index contributed by atoms with van der Waals surface area (Å²) in [7, 11) is 0. The van der Waals surface area contributed by atoms with E-state index in [-0.39, 0.29) is 24.4 Å². The van der Waals surface area contributed by atoms with Crippen LogP contribution in [0, 0.1) is 0 Å². The number of rotatable bonds is 6. The summed E-state index contributed by atoms with van der Waals surface area (Å²) in [6.45, 7) is 1.64. The van der Waals surface area contributed by atoms with E-state index in [1.165, 1.54) is 12.1 Å². The summed E-state index contributed by atoms with van der Waals surface area (Å²) in [5, 5.41) is 11.1. The summed E-state index contributed by atoms with van der Waals surface area (Å²) in [5.41, 5.74) is 0.159. The third-order valence-electron chi connectivity index (χ3n) is 2.52. The van der Waals surface area contributed by atoms with Gasteiger partial charge in [0.05, 0.1) is 0 Å². The van der Waals surface area contributed by atoms with Gasteiger partial charge in [-0.3, -0.25) is 9.59 Å². The molecule has 0 aliphatic carbocycles. The third kappa shape index (κ3) is 6.64. The number of ether oxygens (including phenoxy) is 1. The fraction of sp³-hybridized carbons (Fsp3) is 0.385. The molecular weight excluding hydrogens is 291 g/mol. The zero-order valence-corrected chi connectivity index (χ0v) is 11.1. The van der Waals surface area contributed by atoms with Crippen LogP contribution in [0.4, 0.5) is 13.2 Å². The van der Waals surface area contributed by atoms with Gasteiger partial charge >= 0.3 is 12.3 Å². The minimum absolute atomic E-state index is 0.0835. The average molecular weight is 305 g/mol. The summed E-state index contributed by atoms with van der Waals surface area (Å²) in [4.78, 5) is 22.2. The van der Waals surface area contributed by atoms with Crippen LogP contribution in [-0.4, -0.2) is 29.4 Å². The van der Waals surface area contributed by atoms with Crippen molar-refractivity contribution in [2.75, 3.05) is 0 Å². The highest BCUT2D eigenvalue weighted by Gasteiger charge is 2.31. The van der Waals surface area contributed by atoms with E-state index in [2.05, 4.69) is 10.1 Å². The number of carboxylic acids is 1. The average Bonchev–Trinajstić information content (AvgIpc) is 2.35. The maximum atomic E-state index is 12.0. The van der Waals surface area contributed by atoms with Crippen LogP contribution in [0.1, 0.15) is 30.1 Å². The molecule has 0 heterocycles. The molecule has 1 rings (SSSR count). The van der Waals surface area contributed by atoms with Crippen molar-refractivity contribution >= 4 is 11.9 Å². The van der Waals surface area contributed by atoms with Crippen LogP contribution in [0.15, 0.2) is 24.3 Å². The topological polar surface area (TPSA) is 75.6 Å². The fourth-order valence-electron chi connectivity index (χ4n) is 1.53. The molecule has 0 saturated carbocycles. The minimum atomic E-state index is -4.78. The lowest BCUT2D eigenvalue weighted by Crippen LogP contribution is -2.32. The second-order valence-electron chi connectivity index (χ2n) is 4.38. The number of carbonyl (C=O) groups is 2. The maximum absolute atomic E-state index is 12.0. The molecule has 21 heavy (non-hydrogen) atoms. The first kappa shape index (κ1) is 16.8. The lowest BCUT2D eigenvalue weighted by Gasteiger charge is -2.13. The van der Waals surface area contributed by atoms with Crippen molar-refractivity contribution in [2.45, 2.75) is 32.2 Å². The maximum Gasteiger partial charge on any atom is 0.573 e. The first-order chi connectivity index (χ1) is 9.67. The van der Waals surface area contributed by atoms with Gasteiger partial charge in [0.15, 0.2) is 0 Å². The highest BCUT2D eigenvalue weighted by Crippen LogP contribution is 2.22. The van der Waals surface area contributed by atoms with E-state index in [0.29, 0.717) is 0 Å². The molecule has 0 spiro atoms. The molecule has 0 aromatic heterocycles. The number of hydrogen-bond donors (Lipinski definition) is 2. The lowest BCUT2D eigenvalue weighted by molar-refractivity contribution is -0.274. The Labute approximate surface area is 118 Å². The summed E-state index contributed by atoms with van der Waals surface area (Å²) in [5.74, 6) is -1.88. The van der Waals surface area contributed by atoms with Gasteiger partial charge in [-0.15, -0.1) is 13.2 Å². The predicted molar refractivity (Wildman–Crippen MR) is 66.9 cm³/mol. The van der Waals surface area contributed by atoms with Gasteiger partial charge in [0, 0.05) is 18.0 Å². The lowest BCUT2D eigenvalue weighted by atomic mass is 10.1. The first-order valence-corrected chi connectivity index (χ1v) is 6.06. The van der Waals surface area contributed by atoms with E-state index >= 15 is 0 Å². The van der Waals surface area contributed by atoms with Gasteiger partial charge in [0.25, 0.3) is 5.91 Å². The number of amides is 1. The quantitative estimate of drug-likeness (QED) is 0.847. The van der Waals surface area contributed by atoms with E-state index < -0.39 is 24.0 Å². The number of aliphatic carboxylic acids is 1. The zero-order valence-electron chi connectivity index (χ0n) is 11.1. The van der Waals surface area contributed by atoms with E-state index in [9.17, 15) is 22.8 Å². The second kappa shape index (κ2) is 6.96. The molecule has 1 unspecified atom stereocenters. The monoisotopic (exact) mass is 305 g/mol. The van der Waals surface area contributed by atoms with Crippen LogP contribution in [0.25, 0.3) is 0 Å². The van der Waals surface area contributed by atoms with Crippen molar-refractivity contribution in [1.29, 1.82) is 0 Å². The molecule has 116 valence electrons. The molecular formula is C13H14F3NO4. The van der Waals surface area contributed by atoms with E-state index in [1.807, 2.05) is 0 Å². The number of halogens is 3. The van der Waals surface area contributed by atoms with Gasteiger partial charge in [-0.05, 0) is 37.6 Å². The molecule has 1 aromatic rings. The van der Waals surface area contributed by atoms with Crippen LogP contribution >= 0.6 is 0 Å². The van der Waals surface area contributed by atoms with Gasteiger partial charge in [-0.25, -0.2) is 0 Å². The molecule has 0 aliphatic rings. The molecule has 1 amide bonds. The number of nitrogens with one attached hydrogen (secondary N) is 1. The Morgan fingerprint density at radius 3 is 2.33 bits per heavy atom. The Morgan fingerprint density at radius 1 is 1.29 bits per heavy atom. The highest BCUT2D eigenvalue weighted by molar-refractivity contribution is 5.94. The molecule has 5 nitrogen and oxygen atoms in total. The Morgan fingerprint density at radius 2 is 1.86 bits per heavy atom. The summed E-state index contributed by atoms with van der Waals surface area (Å²) < 4.78 is 39.6. The molecule has 1 aromatic carbocycles. The Hall–Kier alpha value is -2.25. The minimum Gasteiger partial charge on any atom is -0.481 e. The number of carboxylic acid groups (broad SMARTS) is 1. The normalized spacial score (nSPS) is 12.6. The van der Waals surface area contributed by atoms with Gasteiger partial charge in [-0.2, -0.15) is 0 Å². The molecule has 1 atom stereocenters. The predicted octanol–water partition coefficient (Wildman–Crippen LogP) is 2.57. The molecule has 0 saturated heterocycles. The first-order valence-electron chi connectivity index (χ1n) is 6.06. The van der Waals surface area contributed by atoms with E-state index in [4.69, 9.17) is 5.11 Å². The third-order valence-corrected chi connectivity index (χ3v) is 2.52. The smallest absolute Gasteiger partial charge is 0.481 e. The highest BCUT2D eigenvalue weighted by atomic mass is 19.4. The molecule has 2 N–H and O–H groups in total. The van der Waals surface area contributed by atoms with E-state index in [0.717, 1.165) is 12.1 Å². The van der Waals surface area contributed by atoms with Gasteiger partial charge in [-0.1, -0.05) is 0 Å². The van der Waals surface area contributed by atoms with Crippen LogP contribution in [0.2, 0.25) is 0 Å². The van der Waals surface area contributed by atoms with Gasteiger partial charge in [0.2, 0.25) is 0 Å². The Balaban J connectivity index is 2.57. The van der Waals surface area contributed by atoms with Crippen molar-refractivity contribution in [3.63, 3.8) is 0 Å². The zero-order chi connectivity index (χ0) is 16.0. The Bertz CT molecular complexity index is 499. The number of hydrogen-bond acceptors (Lipinski definition) is 3. The molecule has 0 bridgehead atoms. The molecule has 0 aliphatic heterocycles. The van der Waals surface area contributed by atoms with Crippen LogP contribution < -0.4 is 10.1 Å². The SMILES string of the molecule is CC(CCC(=O)O)NC(=O)c1ccc(OC(F)(F)F)cc1. The largest absolute Gasteiger partial charge is 0.573 e. The number of alkyl halides is 3. The van der Waals surface area contributed by atoms with Gasteiger partial charge < -0.3 is 15.2 Å². The van der Waals surface area contributed by atoms with Crippen molar-refractivity contribution in [1.82, 2.24) is 5.32 Å². The summed E-state index contributed by atoms with van der Waals surface area (Å²) in [6.07, 6.45) is -4.61. The van der Waals surface area contributed by atoms with Crippen LogP contribution in [0.5, 0.6) is 5.75 Å². The van der Waals surface area contributed by atoms with Crippen LogP contribution in [0.3, 0.4) is 0 Å². The fourth-order valence-corrected chi connectivity index (χ4v) is 1.53. The van der Waals surface area contributed by atoms with Crippen molar-refractivity contribution in [3.8, 4) is 5.75 Å². The van der Waals surface area contributed by atoms with Crippen molar-refractivity contribution < 1.29 is 32.6 Å². The molecule has 8 heteroatoms. The van der Waals surface area contributed by atoms with Gasteiger partial charge in [0.1, 0.15) is 5.75 Å². The summed E-state index contributed by atoms with van der Waals surface area (Å²) in [6, 6.07) is 4.09. The summed E-state index contributed by atoms with van der Waals surface area (Å²) >= 11 is 0. The van der Waals surface area contributed by atoms with E-state index in [1.54, 1.807) is 6.92 Å². The Kier molecular flexibility index (Phi) is 5.57. The standard InChI is InChI=1S/C13H14F3NO4/c1-8(2-7-11(18)19)17-12(20)9-3-5-10(6-4-9)21-13(14,15)16/h3-6,8H,2,7H2,1H3,(H,17,20)(H,18,19). The van der Waals surface area contributed by atoms with Crippen LogP contribution in [-0.2, 0) is 4.79 Å². The number of carbonyl (C=O) groups excluding carboxylic acids is 1. The van der Waals surface area contributed by atoms with Crippen molar-refractivity contribution in [3.05, 3.63) is 29.8 Å². The molecule has 0 radical (unpaired) electrons. The number of benzene rings is 1. The molecule has 0 fully saturated rings. The second-order valence-corrected chi connectivity index (χ2v) is 4.38. The van der Waals surface area contributed by atoms with Crippen molar-refractivity contribution in [2.24, 2.45) is 0 Å².